The van der Waals surface area contributed by atoms with Gasteiger partial charge in [0, 0.05) is 19.2 Å². The van der Waals surface area contributed by atoms with Gasteiger partial charge in [0.25, 0.3) is 15.9 Å². The molecule has 7 nitrogen and oxygen atoms in total. The van der Waals surface area contributed by atoms with Crippen molar-refractivity contribution >= 4 is 21.6 Å². The third-order valence-electron chi connectivity index (χ3n) is 6.06. The zero-order valence-electron chi connectivity index (χ0n) is 18.9. The Morgan fingerprint density at radius 3 is 2.48 bits per heavy atom. The van der Waals surface area contributed by atoms with Crippen LogP contribution in [-0.4, -0.2) is 45.9 Å². The lowest BCUT2D eigenvalue weighted by molar-refractivity contribution is 0.0933. The van der Waals surface area contributed by atoms with Crippen molar-refractivity contribution in [3.05, 3.63) is 83.8 Å². The Morgan fingerprint density at radius 1 is 1.09 bits per heavy atom. The van der Waals surface area contributed by atoms with Gasteiger partial charge in [0.2, 0.25) is 0 Å². The Kier molecular flexibility index (Phi) is 6.85. The highest BCUT2D eigenvalue weighted by Crippen LogP contribution is 2.26. The number of nitrogens with one attached hydrogen (secondary N) is 1. The number of benzene rings is 2. The van der Waals surface area contributed by atoms with Crippen LogP contribution in [0.25, 0.3) is 0 Å². The van der Waals surface area contributed by atoms with Crippen LogP contribution in [0.5, 0.6) is 0 Å². The highest BCUT2D eigenvalue weighted by molar-refractivity contribution is 7.92. The van der Waals surface area contributed by atoms with Crippen molar-refractivity contribution in [3.63, 3.8) is 0 Å². The molecule has 2 heterocycles. The largest absolute Gasteiger partial charge is 0.468 e. The zero-order valence-corrected chi connectivity index (χ0v) is 19.7. The molecule has 1 saturated heterocycles. The Balaban J connectivity index is 1.49. The Morgan fingerprint density at radius 2 is 1.82 bits per heavy atom. The first-order chi connectivity index (χ1) is 15.9. The highest BCUT2D eigenvalue weighted by Gasteiger charge is 2.27. The molecule has 4 rings (SSSR count). The smallest absolute Gasteiger partial charge is 0.264 e. The lowest BCUT2D eigenvalue weighted by Gasteiger charge is -2.26. The number of carbonyl (C=O) groups excluding carboxylic acids is 1. The van der Waals surface area contributed by atoms with Gasteiger partial charge in [-0.15, -0.1) is 0 Å². The molecular weight excluding hydrogens is 438 g/mol. The second kappa shape index (κ2) is 9.80. The van der Waals surface area contributed by atoms with Crippen LogP contribution in [0.15, 0.2) is 76.2 Å². The number of amides is 1. The van der Waals surface area contributed by atoms with E-state index >= 15 is 0 Å². The van der Waals surface area contributed by atoms with Crippen molar-refractivity contribution in [1.82, 2.24) is 10.2 Å². The topological polar surface area (TPSA) is 82.9 Å². The Bertz CT molecular complexity index is 1180. The number of nitrogens with zero attached hydrogens (tertiary/aromatic N) is 2. The SMILES string of the molecule is Cc1ccc(N(C)S(=O)(=O)c2cccc(C(=O)NC[C@H](c3ccco3)N3CCCC3)c2)cc1. The summed E-state index contributed by atoms with van der Waals surface area (Å²) in [4.78, 5) is 15.3. The number of carbonyl (C=O) groups is 1. The molecule has 1 aromatic heterocycles. The number of likely N-dealkylation sites (tertiary alicyclic amines) is 1. The monoisotopic (exact) mass is 467 g/mol. The van der Waals surface area contributed by atoms with Crippen molar-refractivity contribution in [2.45, 2.75) is 30.7 Å². The number of furan rings is 1. The minimum absolute atomic E-state index is 0.0500. The predicted octanol–water partition coefficient (Wildman–Crippen LogP) is 3.98. The van der Waals surface area contributed by atoms with Gasteiger partial charge in [0.05, 0.1) is 22.9 Å². The van der Waals surface area contributed by atoms with Crippen LogP contribution in [-0.2, 0) is 10.0 Å². The van der Waals surface area contributed by atoms with Gasteiger partial charge >= 0.3 is 0 Å². The van der Waals surface area contributed by atoms with Crippen molar-refractivity contribution in [3.8, 4) is 0 Å². The third kappa shape index (κ3) is 5.12. The third-order valence-corrected chi connectivity index (χ3v) is 7.84. The van der Waals surface area contributed by atoms with Gasteiger partial charge in [0.1, 0.15) is 5.76 Å². The first-order valence-electron chi connectivity index (χ1n) is 11.1. The highest BCUT2D eigenvalue weighted by atomic mass is 32.2. The van der Waals surface area contributed by atoms with Crippen molar-refractivity contribution < 1.29 is 17.6 Å². The van der Waals surface area contributed by atoms with Crippen LogP contribution in [0.1, 0.15) is 40.6 Å². The molecule has 3 aromatic rings. The molecule has 0 bridgehead atoms. The lowest BCUT2D eigenvalue weighted by Crippen LogP contribution is -2.36. The van der Waals surface area contributed by atoms with Crippen molar-refractivity contribution in [2.75, 3.05) is 31.0 Å². The summed E-state index contributed by atoms with van der Waals surface area (Å²) in [5.74, 6) is 0.494. The Hall–Kier alpha value is -3.10. The number of anilines is 1. The maximum Gasteiger partial charge on any atom is 0.264 e. The summed E-state index contributed by atoms with van der Waals surface area (Å²) in [7, 11) is -2.30. The first-order valence-corrected chi connectivity index (χ1v) is 12.5. The molecule has 0 unspecified atom stereocenters. The summed E-state index contributed by atoms with van der Waals surface area (Å²) < 4.78 is 33.2. The molecular formula is C25H29N3O4S. The summed E-state index contributed by atoms with van der Waals surface area (Å²) in [6.07, 6.45) is 3.89. The van der Waals surface area contributed by atoms with E-state index in [0.29, 0.717) is 17.8 Å². The molecule has 1 amide bonds. The van der Waals surface area contributed by atoms with E-state index in [1.54, 1.807) is 30.5 Å². The maximum atomic E-state index is 13.2. The van der Waals surface area contributed by atoms with E-state index in [9.17, 15) is 13.2 Å². The lowest BCUT2D eigenvalue weighted by atomic mass is 10.1. The molecule has 1 aliphatic rings. The molecule has 0 spiro atoms. The molecule has 1 atom stereocenters. The van der Waals surface area contributed by atoms with E-state index in [2.05, 4.69) is 10.2 Å². The van der Waals surface area contributed by atoms with Crippen LogP contribution >= 0.6 is 0 Å². The molecule has 0 aliphatic carbocycles. The molecule has 0 saturated carbocycles. The predicted molar refractivity (Wildman–Crippen MR) is 128 cm³/mol. The second-order valence-corrected chi connectivity index (χ2v) is 10.3. The van der Waals surface area contributed by atoms with Gasteiger partial charge in [-0.05, 0) is 75.3 Å². The van der Waals surface area contributed by atoms with E-state index in [1.165, 1.54) is 23.5 Å². The average Bonchev–Trinajstić information content (AvgIpc) is 3.54. The standard InChI is InChI=1S/C25H29N3O4S/c1-19-10-12-21(13-11-19)27(2)33(30,31)22-8-5-7-20(17-22)25(29)26-18-23(24-9-6-16-32-24)28-14-3-4-15-28/h5-13,16-17,23H,3-4,14-15,18H2,1-2H3,(H,26,29)/t23-/m1/s1. The molecule has 1 aliphatic heterocycles. The van der Waals surface area contributed by atoms with Crippen LogP contribution in [0.2, 0.25) is 0 Å². The summed E-state index contributed by atoms with van der Waals surface area (Å²) in [6, 6.07) is 17.1. The number of hydrogen-bond donors (Lipinski definition) is 1. The summed E-state index contributed by atoms with van der Waals surface area (Å²) in [6.45, 7) is 4.24. The van der Waals surface area contributed by atoms with Crippen LogP contribution < -0.4 is 9.62 Å². The summed E-state index contributed by atoms with van der Waals surface area (Å²) in [5, 5.41) is 2.96. The number of hydrogen-bond acceptors (Lipinski definition) is 5. The van der Waals surface area contributed by atoms with E-state index < -0.39 is 10.0 Å². The van der Waals surface area contributed by atoms with Gasteiger partial charge in [-0.3, -0.25) is 14.0 Å². The average molecular weight is 468 g/mol. The minimum Gasteiger partial charge on any atom is -0.468 e. The molecule has 1 fully saturated rings. The van der Waals surface area contributed by atoms with Crippen molar-refractivity contribution in [2.24, 2.45) is 0 Å². The van der Waals surface area contributed by atoms with Gasteiger partial charge < -0.3 is 9.73 Å². The van der Waals surface area contributed by atoms with E-state index in [-0.39, 0.29) is 16.8 Å². The fraction of sp³-hybridized carbons (Fsp3) is 0.320. The quantitative estimate of drug-likeness (QED) is 0.542. The van der Waals surface area contributed by atoms with Gasteiger partial charge in [-0.25, -0.2) is 8.42 Å². The normalized spacial score (nSPS) is 15.3. The van der Waals surface area contributed by atoms with Crippen LogP contribution in [0.3, 0.4) is 0 Å². The first kappa shape index (κ1) is 23.1. The van der Waals surface area contributed by atoms with Gasteiger partial charge in [-0.1, -0.05) is 23.8 Å². The van der Waals surface area contributed by atoms with E-state index in [1.807, 2.05) is 31.2 Å². The minimum atomic E-state index is -3.81. The van der Waals surface area contributed by atoms with E-state index in [4.69, 9.17) is 4.42 Å². The summed E-state index contributed by atoms with van der Waals surface area (Å²) >= 11 is 0. The number of aryl methyl sites for hydroxylation is 1. The fourth-order valence-corrected chi connectivity index (χ4v) is 5.33. The number of sulfonamides is 1. The molecule has 33 heavy (non-hydrogen) atoms. The maximum absolute atomic E-state index is 13.2. The molecule has 8 heteroatoms. The molecule has 0 radical (unpaired) electrons. The van der Waals surface area contributed by atoms with Crippen LogP contribution in [0, 0.1) is 6.92 Å². The van der Waals surface area contributed by atoms with Crippen LogP contribution in [0.4, 0.5) is 5.69 Å². The summed E-state index contributed by atoms with van der Waals surface area (Å²) in [5.41, 5.74) is 1.90. The Labute approximate surface area is 195 Å². The zero-order chi connectivity index (χ0) is 23.4. The van der Waals surface area contributed by atoms with Gasteiger partial charge in [-0.2, -0.15) is 0 Å². The molecule has 174 valence electrons. The number of rotatable bonds is 8. The molecule has 2 aromatic carbocycles. The van der Waals surface area contributed by atoms with Gasteiger partial charge in [0.15, 0.2) is 0 Å². The fourth-order valence-electron chi connectivity index (χ4n) is 4.08. The van der Waals surface area contributed by atoms with E-state index in [0.717, 1.165) is 37.3 Å². The second-order valence-electron chi connectivity index (χ2n) is 8.32. The van der Waals surface area contributed by atoms with Crippen molar-refractivity contribution in [1.29, 1.82) is 0 Å². The molecule has 1 N–H and O–H groups in total.